The van der Waals surface area contributed by atoms with E-state index in [2.05, 4.69) is 6.07 Å². The lowest BCUT2D eigenvalue weighted by molar-refractivity contribution is -0.107. The molecule has 1 aliphatic heterocycles. The third-order valence-electron chi connectivity index (χ3n) is 2.94. The first-order valence-corrected chi connectivity index (χ1v) is 6.05. The van der Waals surface area contributed by atoms with Crippen molar-refractivity contribution in [1.29, 1.82) is 5.26 Å². The van der Waals surface area contributed by atoms with Crippen molar-refractivity contribution in [2.45, 2.75) is 43.8 Å². The van der Waals surface area contributed by atoms with E-state index in [1.54, 1.807) is 0 Å². The molecule has 1 fully saturated rings. The van der Waals surface area contributed by atoms with Crippen molar-refractivity contribution < 1.29 is 4.79 Å². The topological polar surface area (TPSA) is 40.9 Å². The molecular formula is C11H13NOS. The molecule has 3 heteroatoms. The van der Waals surface area contributed by atoms with Gasteiger partial charge in [0.15, 0.2) is 0 Å². The van der Waals surface area contributed by atoms with Crippen molar-refractivity contribution in [1.82, 2.24) is 0 Å². The van der Waals surface area contributed by atoms with Crippen molar-refractivity contribution >= 4 is 16.9 Å². The Kier molecular flexibility index (Phi) is 2.93. The summed E-state index contributed by atoms with van der Waals surface area (Å²) in [5.74, 6) is 0. The summed E-state index contributed by atoms with van der Waals surface area (Å²) < 4.78 is 0. The van der Waals surface area contributed by atoms with Crippen LogP contribution in [0.1, 0.15) is 38.5 Å². The van der Waals surface area contributed by atoms with Gasteiger partial charge in [0.25, 0.3) is 0 Å². The van der Waals surface area contributed by atoms with Crippen LogP contribution < -0.4 is 0 Å². The van der Waals surface area contributed by atoms with Crippen LogP contribution in [-0.2, 0) is 4.79 Å². The number of nitriles is 1. The van der Waals surface area contributed by atoms with Crippen LogP contribution in [0, 0.1) is 11.3 Å². The molecule has 1 atom stereocenters. The summed E-state index contributed by atoms with van der Waals surface area (Å²) in [4.78, 5) is 11.5. The Bertz CT molecular complexity index is 327. The number of carbonyl (C=O) groups excluding carboxylic acids is 1. The van der Waals surface area contributed by atoms with Gasteiger partial charge in [-0.25, -0.2) is 0 Å². The zero-order valence-corrected chi connectivity index (χ0v) is 8.90. The normalized spacial score (nSPS) is 27.9. The molecule has 0 amide bonds. The predicted octanol–water partition coefficient (Wildman–Crippen LogP) is 2.80. The molecule has 0 N–H and O–H groups in total. The van der Waals surface area contributed by atoms with E-state index in [1.165, 1.54) is 31.0 Å². The Morgan fingerprint density at radius 2 is 2.07 bits per heavy atom. The van der Waals surface area contributed by atoms with Crippen LogP contribution in [0.4, 0.5) is 0 Å². The Labute approximate surface area is 88.4 Å². The second-order valence-corrected chi connectivity index (χ2v) is 5.03. The molecule has 2 nitrogen and oxygen atoms in total. The molecule has 74 valence electrons. The molecule has 1 aliphatic carbocycles. The van der Waals surface area contributed by atoms with E-state index < -0.39 is 0 Å². The first-order chi connectivity index (χ1) is 6.83. The molecule has 0 aromatic carbocycles. The van der Waals surface area contributed by atoms with Gasteiger partial charge in [-0.3, -0.25) is 4.79 Å². The van der Waals surface area contributed by atoms with Crippen LogP contribution in [0.5, 0.6) is 0 Å². The highest BCUT2D eigenvalue weighted by Gasteiger charge is 2.32. The van der Waals surface area contributed by atoms with E-state index in [-0.39, 0.29) is 5.12 Å². The summed E-state index contributed by atoms with van der Waals surface area (Å²) in [6.45, 7) is 0. The fourth-order valence-corrected chi connectivity index (χ4v) is 3.40. The summed E-state index contributed by atoms with van der Waals surface area (Å²) >= 11 is 1.37. The number of carbonyl (C=O) groups is 1. The number of nitrogens with zero attached hydrogens (tertiary/aromatic N) is 1. The van der Waals surface area contributed by atoms with Gasteiger partial charge in [0.05, 0.1) is 0 Å². The summed E-state index contributed by atoms with van der Waals surface area (Å²) in [6.07, 6.45) is 6.91. The van der Waals surface area contributed by atoms with Gasteiger partial charge in [0.1, 0.15) is 11.6 Å². The second kappa shape index (κ2) is 4.18. The van der Waals surface area contributed by atoms with Crippen LogP contribution in [-0.4, -0.2) is 10.4 Å². The molecule has 0 saturated heterocycles. The van der Waals surface area contributed by atoms with Gasteiger partial charge in [-0.1, -0.05) is 31.0 Å². The lowest BCUT2D eigenvalue weighted by Crippen LogP contribution is -2.06. The monoisotopic (exact) mass is 207 g/mol. The number of fused-ring (bicyclic) bond motifs is 1. The third-order valence-corrected chi connectivity index (χ3v) is 4.16. The van der Waals surface area contributed by atoms with E-state index in [0.717, 1.165) is 24.8 Å². The van der Waals surface area contributed by atoms with E-state index in [1.807, 2.05) is 0 Å². The molecule has 1 heterocycles. The maximum atomic E-state index is 11.5. The van der Waals surface area contributed by atoms with Gasteiger partial charge in [-0.2, -0.15) is 5.26 Å². The highest BCUT2D eigenvalue weighted by Crippen LogP contribution is 2.40. The number of thioether (sulfide) groups is 1. The molecule has 1 saturated carbocycles. The fourth-order valence-electron chi connectivity index (χ4n) is 2.19. The Morgan fingerprint density at radius 3 is 2.86 bits per heavy atom. The molecule has 0 spiro atoms. The molecular weight excluding hydrogens is 194 g/mol. The zero-order chi connectivity index (χ0) is 9.97. The average molecular weight is 207 g/mol. The molecule has 0 aromatic heterocycles. The van der Waals surface area contributed by atoms with E-state index in [0.29, 0.717) is 10.8 Å². The van der Waals surface area contributed by atoms with Gasteiger partial charge in [0.2, 0.25) is 5.12 Å². The second-order valence-electron chi connectivity index (χ2n) is 3.86. The van der Waals surface area contributed by atoms with Gasteiger partial charge in [0, 0.05) is 5.25 Å². The summed E-state index contributed by atoms with van der Waals surface area (Å²) in [7, 11) is 0. The van der Waals surface area contributed by atoms with Gasteiger partial charge in [-0.05, 0) is 24.8 Å². The quantitative estimate of drug-likeness (QED) is 0.613. The smallest absolute Gasteiger partial charge is 0.230 e. The minimum Gasteiger partial charge on any atom is -0.281 e. The van der Waals surface area contributed by atoms with Crippen molar-refractivity contribution in [3.63, 3.8) is 0 Å². The molecule has 2 rings (SSSR count). The standard InChI is InChI=1S/C11H13NOS/c12-7-9-8-5-3-1-2-4-6-10(8)14-11(9)13/h10H,1-6H2/t10-/m1/s1. The maximum Gasteiger partial charge on any atom is 0.230 e. The number of hydrogen-bond acceptors (Lipinski definition) is 3. The lowest BCUT2D eigenvalue weighted by atomic mass is 9.93. The number of rotatable bonds is 0. The summed E-state index contributed by atoms with van der Waals surface area (Å²) in [5, 5.41) is 9.24. The summed E-state index contributed by atoms with van der Waals surface area (Å²) in [5.41, 5.74) is 1.60. The van der Waals surface area contributed by atoms with Crippen molar-refractivity contribution in [2.75, 3.05) is 0 Å². The summed E-state index contributed by atoms with van der Waals surface area (Å²) in [6, 6.07) is 2.07. The van der Waals surface area contributed by atoms with Gasteiger partial charge < -0.3 is 0 Å². The lowest BCUT2D eigenvalue weighted by Gasteiger charge is -2.16. The minimum atomic E-state index is 0.00870. The predicted molar refractivity (Wildman–Crippen MR) is 56.7 cm³/mol. The Balaban J connectivity index is 2.25. The Morgan fingerprint density at radius 1 is 1.29 bits per heavy atom. The van der Waals surface area contributed by atoms with Crippen molar-refractivity contribution in [2.24, 2.45) is 0 Å². The van der Waals surface area contributed by atoms with E-state index in [9.17, 15) is 4.79 Å². The van der Waals surface area contributed by atoms with Crippen LogP contribution in [0.3, 0.4) is 0 Å². The maximum absolute atomic E-state index is 11.5. The molecule has 0 bridgehead atoms. The largest absolute Gasteiger partial charge is 0.281 e. The van der Waals surface area contributed by atoms with Crippen LogP contribution in [0.2, 0.25) is 0 Å². The minimum absolute atomic E-state index is 0.00870. The molecule has 0 aromatic rings. The third kappa shape index (κ3) is 1.72. The number of hydrogen-bond donors (Lipinski definition) is 0. The van der Waals surface area contributed by atoms with Crippen molar-refractivity contribution in [3.05, 3.63) is 11.1 Å². The van der Waals surface area contributed by atoms with E-state index >= 15 is 0 Å². The fraction of sp³-hybridized carbons (Fsp3) is 0.636. The van der Waals surface area contributed by atoms with Crippen LogP contribution >= 0.6 is 11.8 Å². The molecule has 14 heavy (non-hydrogen) atoms. The van der Waals surface area contributed by atoms with Crippen LogP contribution in [0.15, 0.2) is 11.1 Å². The van der Waals surface area contributed by atoms with Crippen molar-refractivity contribution in [3.8, 4) is 6.07 Å². The van der Waals surface area contributed by atoms with Gasteiger partial charge >= 0.3 is 0 Å². The van der Waals surface area contributed by atoms with Gasteiger partial charge in [-0.15, -0.1) is 0 Å². The SMILES string of the molecule is N#CC1=C2CCCCCC[C@H]2SC1=O. The first kappa shape index (κ1) is 9.79. The average Bonchev–Trinajstić information content (AvgIpc) is 2.42. The molecule has 0 radical (unpaired) electrons. The highest BCUT2D eigenvalue weighted by molar-refractivity contribution is 8.15. The molecule has 0 unspecified atom stereocenters. The Hall–Kier alpha value is -0.750. The highest BCUT2D eigenvalue weighted by atomic mass is 32.2. The first-order valence-electron chi connectivity index (χ1n) is 5.17. The molecule has 2 aliphatic rings. The van der Waals surface area contributed by atoms with E-state index in [4.69, 9.17) is 5.26 Å². The van der Waals surface area contributed by atoms with Crippen LogP contribution in [0.25, 0.3) is 0 Å². The zero-order valence-electron chi connectivity index (χ0n) is 8.08.